The van der Waals surface area contributed by atoms with Crippen LogP contribution in [0.4, 0.5) is 11.5 Å². The number of hydrogen-bond donors (Lipinski definition) is 1. The molecule has 0 radical (unpaired) electrons. The molecule has 25 heavy (non-hydrogen) atoms. The van der Waals surface area contributed by atoms with E-state index in [9.17, 15) is 0 Å². The van der Waals surface area contributed by atoms with Gasteiger partial charge in [0, 0.05) is 20.2 Å². The fourth-order valence-electron chi connectivity index (χ4n) is 2.76. The summed E-state index contributed by atoms with van der Waals surface area (Å²) in [6.07, 6.45) is 0. The molecule has 0 saturated carbocycles. The monoisotopic (exact) mass is 437 g/mol. The number of nitrogens with zero attached hydrogens (tertiary/aromatic N) is 2. The Morgan fingerprint density at radius 2 is 1.64 bits per heavy atom. The number of nitrogens with one attached hydrogen (secondary N) is 1. The Morgan fingerprint density at radius 3 is 2.44 bits per heavy atom. The van der Waals surface area contributed by atoms with Crippen molar-refractivity contribution in [1.29, 1.82) is 0 Å². The van der Waals surface area contributed by atoms with Crippen molar-refractivity contribution in [3.05, 3.63) is 81.9 Å². The molecule has 3 aromatic carbocycles. The van der Waals surface area contributed by atoms with Gasteiger partial charge < -0.3 is 5.32 Å². The van der Waals surface area contributed by atoms with E-state index in [0.717, 1.165) is 33.8 Å². The number of benzene rings is 3. The van der Waals surface area contributed by atoms with Gasteiger partial charge in [-0.25, -0.2) is 9.97 Å². The smallest absolute Gasteiger partial charge is 0.162 e. The van der Waals surface area contributed by atoms with Crippen molar-refractivity contribution in [3.8, 4) is 11.4 Å². The van der Waals surface area contributed by atoms with Crippen LogP contribution in [0, 0.1) is 10.5 Å². The summed E-state index contributed by atoms with van der Waals surface area (Å²) in [6.45, 7) is 2.08. The van der Waals surface area contributed by atoms with Crippen molar-refractivity contribution in [2.45, 2.75) is 6.92 Å². The molecule has 122 valence electrons. The molecule has 3 nitrogen and oxygen atoms in total. The van der Waals surface area contributed by atoms with Gasteiger partial charge in [-0.15, -0.1) is 0 Å². The van der Waals surface area contributed by atoms with Gasteiger partial charge in [-0.3, -0.25) is 0 Å². The van der Waals surface area contributed by atoms with Crippen LogP contribution in [0.15, 0.2) is 72.8 Å². The molecule has 1 N–H and O–H groups in total. The fourth-order valence-corrected chi connectivity index (χ4v) is 3.11. The van der Waals surface area contributed by atoms with Gasteiger partial charge in [-0.2, -0.15) is 0 Å². The molecule has 0 aliphatic heterocycles. The summed E-state index contributed by atoms with van der Waals surface area (Å²) in [5, 5.41) is 4.46. The van der Waals surface area contributed by atoms with Crippen LogP contribution in [0.25, 0.3) is 22.3 Å². The Morgan fingerprint density at radius 1 is 0.840 bits per heavy atom. The summed E-state index contributed by atoms with van der Waals surface area (Å²) < 4.78 is 1.20. The first-order valence-corrected chi connectivity index (χ1v) is 9.13. The molecular formula is C21H16IN3. The van der Waals surface area contributed by atoms with Crippen LogP contribution in [0.1, 0.15) is 5.56 Å². The van der Waals surface area contributed by atoms with Crippen molar-refractivity contribution in [3.63, 3.8) is 0 Å². The summed E-state index contributed by atoms with van der Waals surface area (Å²) in [7, 11) is 0. The van der Waals surface area contributed by atoms with Crippen LogP contribution >= 0.6 is 22.6 Å². The van der Waals surface area contributed by atoms with Crippen LogP contribution in [-0.2, 0) is 0 Å². The minimum atomic E-state index is 0.732. The minimum Gasteiger partial charge on any atom is -0.340 e. The van der Waals surface area contributed by atoms with Crippen molar-refractivity contribution in [2.24, 2.45) is 0 Å². The third kappa shape index (κ3) is 3.49. The Hall–Kier alpha value is -2.47. The van der Waals surface area contributed by atoms with Gasteiger partial charge in [0.2, 0.25) is 0 Å². The van der Waals surface area contributed by atoms with E-state index in [0.29, 0.717) is 0 Å². The van der Waals surface area contributed by atoms with E-state index < -0.39 is 0 Å². The quantitative estimate of drug-likeness (QED) is 0.403. The molecule has 0 spiro atoms. The molecule has 4 heteroatoms. The van der Waals surface area contributed by atoms with E-state index in [1.54, 1.807) is 0 Å². The number of halogens is 1. The van der Waals surface area contributed by atoms with Crippen LogP contribution < -0.4 is 5.32 Å². The average molecular weight is 437 g/mol. The zero-order chi connectivity index (χ0) is 17.2. The maximum absolute atomic E-state index is 4.81. The Balaban J connectivity index is 1.85. The molecule has 0 fully saturated rings. The molecule has 1 aromatic heterocycles. The summed E-state index contributed by atoms with van der Waals surface area (Å²) in [6, 6.07) is 24.6. The molecule has 0 amide bonds. The zero-order valence-electron chi connectivity index (χ0n) is 13.7. The summed E-state index contributed by atoms with van der Waals surface area (Å²) in [4.78, 5) is 9.56. The predicted molar refractivity (Wildman–Crippen MR) is 112 cm³/mol. The van der Waals surface area contributed by atoms with Gasteiger partial charge in [0.15, 0.2) is 5.82 Å². The first kappa shape index (κ1) is 16.0. The van der Waals surface area contributed by atoms with Crippen LogP contribution in [0.3, 0.4) is 0 Å². The van der Waals surface area contributed by atoms with Crippen molar-refractivity contribution >= 4 is 45.0 Å². The van der Waals surface area contributed by atoms with Crippen LogP contribution in [-0.4, -0.2) is 9.97 Å². The molecule has 0 atom stereocenters. The lowest BCUT2D eigenvalue weighted by Gasteiger charge is -2.11. The lowest BCUT2D eigenvalue weighted by Crippen LogP contribution is -1.99. The lowest BCUT2D eigenvalue weighted by atomic mass is 10.1. The molecule has 0 saturated heterocycles. The van der Waals surface area contributed by atoms with Gasteiger partial charge >= 0.3 is 0 Å². The van der Waals surface area contributed by atoms with E-state index in [1.807, 2.05) is 36.4 Å². The molecule has 0 aliphatic rings. The van der Waals surface area contributed by atoms with Gasteiger partial charge in [0.25, 0.3) is 0 Å². The summed E-state index contributed by atoms with van der Waals surface area (Å²) >= 11 is 2.30. The highest BCUT2D eigenvalue weighted by Gasteiger charge is 2.09. The topological polar surface area (TPSA) is 37.8 Å². The highest BCUT2D eigenvalue weighted by atomic mass is 127. The third-order valence-electron chi connectivity index (χ3n) is 3.99. The van der Waals surface area contributed by atoms with Gasteiger partial charge in [0.05, 0.1) is 5.52 Å². The molecule has 4 rings (SSSR count). The Labute approximate surface area is 160 Å². The van der Waals surface area contributed by atoms with Gasteiger partial charge in [-0.05, 0) is 72.0 Å². The molecule has 4 aromatic rings. The minimum absolute atomic E-state index is 0.732. The number of para-hydroxylation sites is 1. The number of aryl methyl sites for hydroxylation is 1. The first-order chi connectivity index (χ1) is 12.2. The Bertz CT molecular complexity index is 1040. The molecular weight excluding hydrogens is 421 g/mol. The zero-order valence-corrected chi connectivity index (χ0v) is 15.9. The molecule has 0 bridgehead atoms. The van der Waals surface area contributed by atoms with Crippen LogP contribution in [0.2, 0.25) is 0 Å². The second-order valence-electron chi connectivity index (χ2n) is 5.91. The van der Waals surface area contributed by atoms with Crippen molar-refractivity contribution < 1.29 is 0 Å². The van der Waals surface area contributed by atoms with Crippen molar-refractivity contribution in [1.82, 2.24) is 9.97 Å². The summed E-state index contributed by atoms with van der Waals surface area (Å²) in [5.41, 5.74) is 4.17. The van der Waals surface area contributed by atoms with Gasteiger partial charge in [-0.1, -0.05) is 35.9 Å². The highest BCUT2D eigenvalue weighted by molar-refractivity contribution is 14.1. The summed E-state index contributed by atoms with van der Waals surface area (Å²) in [5.74, 6) is 1.55. The SMILES string of the molecule is Cc1cccc(-c2nc(Nc3ccc(I)cc3)c3ccccc3n2)c1. The van der Waals surface area contributed by atoms with Crippen LogP contribution in [0.5, 0.6) is 0 Å². The maximum atomic E-state index is 4.81. The maximum Gasteiger partial charge on any atom is 0.162 e. The molecule has 0 unspecified atom stereocenters. The number of anilines is 2. The largest absolute Gasteiger partial charge is 0.340 e. The van der Waals surface area contributed by atoms with E-state index in [-0.39, 0.29) is 0 Å². The van der Waals surface area contributed by atoms with E-state index in [4.69, 9.17) is 9.97 Å². The average Bonchev–Trinajstić information content (AvgIpc) is 2.63. The van der Waals surface area contributed by atoms with Gasteiger partial charge in [0.1, 0.15) is 5.82 Å². The van der Waals surface area contributed by atoms with E-state index in [1.165, 1.54) is 9.13 Å². The first-order valence-electron chi connectivity index (χ1n) is 8.05. The molecule has 1 heterocycles. The second-order valence-corrected chi connectivity index (χ2v) is 7.16. The van der Waals surface area contributed by atoms with E-state index in [2.05, 4.69) is 71.2 Å². The standard InChI is InChI=1S/C21H16IN3/c1-14-5-4-6-15(13-14)20-24-19-8-3-2-7-18(19)21(25-20)23-17-11-9-16(22)10-12-17/h2-13H,1H3,(H,23,24,25). The number of rotatable bonds is 3. The number of fused-ring (bicyclic) bond motifs is 1. The Kier molecular flexibility index (Phi) is 4.36. The normalized spacial score (nSPS) is 10.8. The molecule has 0 aliphatic carbocycles. The number of aromatic nitrogens is 2. The third-order valence-corrected chi connectivity index (χ3v) is 4.71. The number of hydrogen-bond acceptors (Lipinski definition) is 3. The predicted octanol–water partition coefficient (Wildman–Crippen LogP) is 5.95. The van der Waals surface area contributed by atoms with Crippen molar-refractivity contribution in [2.75, 3.05) is 5.32 Å². The van der Waals surface area contributed by atoms with E-state index >= 15 is 0 Å². The lowest BCUT2D eigenvalue weighted by molar-refractivity contribution is 1.22. The second kappa shape index (κ2) is 6.80. The highest BCUT2D eigenvalue weighted by Crippen LogP contribution is 2.27. The fraction of sp³-hybridized carbons (Fsp3) is 0.0476.